The van der Waals surface area contributed by atoms with Crippen molar-refractivity contribution < 1.29 is 17.7 Å². The predicted octanol–water partition coefficient (Wildman–Crippen LogP) is 0.831. The number of sulfonamides is 1. The van der Waals surface area contributed by atoms with Crippen LogP contribution < -0.4 is 21.1 Å². The van der Waals surface area contributed by atoms with Crippen LogP contribution in [0.15, 0.2) is 38.5 Å². The number of aromatic nitrogens is 3. The summed E-state index contributed by atoms with van der Waals surface area (Å²) < 4.78 is 33.6. The van der Waals surface area contributed by atoms with Crippen LogP contribution in [0.3, 0.4) is 0 Å². The molecule has 1 atom stereocenters. The van der Waals surface area contributed by atoms with Gasteiger partial charge >= 0.3 is 0 Å². The molecule has 12 heteroatoms. The van der Waals surface area contributed by atoms with Crippen LogP contribution in [0.4, 0.5) is 5.95 Å². The smallest absolute Gasteiger partial charge is 0.262 e. The summed E-state index contributed by atoms with van der Waals surface area (Å²) in [6.07, 6.45) is 0. The summed E-state index contributed by atoms with van der Waals surface area (Å²) in [5.41, 5.74) is 5.40. The van der Waals surface area contributed by atoms with Crippen LogP contribution in [0.25, 0.3) is 10.9 Å². The van der Waals surface area contributed by atoms with E-state index < -0.39 is 22.0 Å². The van der Waals surface area contributed by atoms with Gasteiger partial charge in [0.2, 0.25) is 16.0 Å². The Morgan fingerprint density at radius 2 is 1.97 bits per heavy atom. The summed E-state index contributed by atoms with van der Waals surface area (Å²) in [5.74, 6) is -0.413. The third-order valence-corrected chi connectivity index (χ3v) is 6.22. The first kappa shape index (κ1) is 21.5. The summed E-state index contributed by atoms with van der Waals surface area (Å²) in [6, 6.07) is 5.72. The van der Waals surface area contributed by atoms with Gasteiger partial charge in [-0.05, 0) is 39.8 Å². The van der Waals surface area contributed by atoms with Gasteiger partial charge < -0.3 is 4.52 Å². The van der Waals surface area contributed by atoms with Crippen molar-refractivity contribution in [2.45, 2.75) is 45.2 Å². The molecule has 0 spiro atoms. The van der Waals surface area contributed by atoms with Crippen molar-refractivity contribution >= 4 is 32.8 Å². The molecular formula is C18H22N6O5S. The van der Waals surface area contributed by atoms with E-state index in [1.165, 1.54) is 25.3 Å². The van der Waals surface area contributed by atoms with E-state index in [0.717, 1.165) is 0 Å². The number of hydrogen-bond acceptors (Lipinski definition) is 8. The Kier molecular flexibility index (Phi) is 5.89. The second-order valence-electron chi connectivity index (χ2n) is 6.61. The number of para-hydroxylation sites is 1. The highest BCUT2D eigenvalue weighted by Crippen LogP contribution is 2.19. The fraction of sp³-hybridized carbons (Fsp3) is 0.333. The maximum absolute atomic E-state index is 12.6. The van der Waals surface area contributed by atoms with E-state index in [0.29, 0.717) is 17.4 Å². The van der Waals surface area contributed by atoms with Gasteiger partial charge in [0.1, 0.15) is 10.6 Å². The Hall–Kier alpha value is -3.25. The highest BCUT2D eigenvalue weighted by molar-refractivity contribution is 7.89. The number of hydrogen-bond donors (Lipinski definition) is 3. The first-order chi connectivity index (χ1) is 14.2. The van der Waals surface area contributed by atoms with Crippen LogP contribution in [0.2, 0.25) is 0 Å². The van der Waals surface area contributed by atoms with Gasteiger partial charge in [-0.15, -0.1) is 0 Å². The molecule has 0 saturated heterocycles. The van der Waals surface area contributed by atoms with Gasteiger partial charge in [-0.3, -0.25) is 25.0 Å². The summed E-state index contributed by atoms with van der Waals surface area (Å²) in [6.45, 7) is 6.44. The van der Waals surface area contributed by atoms with Gasteiger partial charge in [0, 0.05) is 6.54 Å². The van der Waals surface area contributed by atoms with Crippen LogP contribution in [-0.2, 0) is 21.4 Å². The molecule has 11 nitrogen and oxygen atoms in total. The lowest BCUT2D eigenvalue weighted by molar-refractivity contribution is -0.121. The topological polar surface area (TPSA) is 148 Å². The number of anilines is 1. The molecule has 0 aliphatic carbocycles. The standard InChI is InChI=1S/C18H22N6O5S/c1-5-24-17(26)13-8-6-7-9-14(13)19-18(24)21-20-16(25)11(3)23-30(27,28)15-10(2)22-29-12(15)4/h6-9,11,23H,5H2,1-4H3,(H,19,21)(H,20,25)/t11-/m0/s1. The van der Waals surface area contributed by atoms with Crippen LogP contribution in [0, 0.1) is 13.8 Å². The highest BCUT2D eigenvalue weighted by Gasteiger charge is 2.28. The molecule has 0 aliphatic rings. The molecule has 0 fully saturated rings. The molecular weight excluding hydrogens is 412 g/mol. The normalized spacial score (nSPS) is 12.7. The minimum Gasteiger partial charge on any atom is -0.360 e. The lowest BCUT2D eigenvalue weighted by atomic mass is 10.2. The average Bonchev–Trinajstić information content (AvgIpc) is 3.04. The number of rotatable bonds is 7. The summed E-state index contributed by atoms with van der Waals surface area (Å²) in [5, 5.41) is 4.07. The maximum Gasteiger partial charge on any atom is 0.262 e. The van der Waals surface area contributed by atoms with E-state index in [9.17, 15) is 18.0 Å². The fourth-order valence-electron chi connectivity index (χ4n) is 2.99. The van der Waals surface area contributed by atoms with Crippen LogP contribution >= 0.6 is 0 Å². The van der Waals surface area contributed by atoms with Crippen LogP contribution in [-0.4, -0.2) is 35.1 Å². The first-order valence-electron chi connectivity index (χ1n) is 9.16. The Bertz CT molecular complexity index is 1240. The van der Waals surface area contributed by atoms with Gasteiger partial charge in [-0.25, -0.2) is 13.4 Å². The second-order valence-corrected chi connectivity index (χ2v) is 8.26. The van der Waals surface area contributed by atoms with Gasteiger partial charge in [0.05, 0.1) is 16.9 Å². The first-order valence-corrected chi connectivity index (χ1v) is 10.6. The maximum atomic E-state index is 12.6. The zero-order valence-corrected chi connectivity index (χ0v) is 17.7. The molecule has 30 heavy (non-hydrogen) atoms. The number of benzene rings is 1. The zero-order chi connectivity index (χ0) is 22.1. The average molecular weight is 434 g/mol. The van der Waals surface area contributed by atoms with E-state index in [2.05, 4.69) is 25.7 Å². The lowest BCUT2D eigenvalue weighted by Crippen LogP contribution is -2.47. The number of nitrogens with one attached hydrogen (secondary N) is 3. The van der Waals surface area contributed by atoms with Crippen LogP contribution in [0.1, 0.15) is 25.3 Å². The van der Waals surface area contributed by atoms with Crippen molar-refractivity contribution in [1.29, 1.82) is 0 Å². The molecule has 0 radical (unpaired) electrons. The van der Waals surface area contributed by atoms with Gasteiger partial charge in [0.15, 0.2) is 5.76 Å². The molecule has 0 unspecified atom stereocenters. The largest absolute Gasteiger partial charge is 0.360 e. The van der Waals surface area contributed by atoms with Crippen molar-refractivity contribution in [3.05, 3.63) is 46.1 Å². The summed E-state index contributed by atoms with van der Waals surface area (Å²) >= 11 is 0. The molecule has 0 bridgehead atoms. The molecule has 160 valence electrons. The molecule has 1 amide bonds. The minimum absolute atomic E-state index is 0.105. The van der Waals surface area contributed by atoms with Crippen LogP contribution in [0.5, 0.6) is 0 Å². The molecule has 3 N–H and O–H groups in total. The van der Waals surface area contributed by atoms with Crippen molar-refractivity contribution in [1.82, 2.24) is 24.9 Å². The molecule has 2 aromatic heterocycles. The Labute approximate surface area is 172 Å². The van der Waals surface area contributed by atoms with E-state index in [1.807, 2.05) is 0 Å². The Balaban J connectivity index is 1.76. The lowest BCUT2D eigenvalue weighted by Gasteiger charge is -2.17. The van der Waals surface area contributed by atoms with Crippen molar-refractivity contribution in [2.24, 2.45) is 0 Å². The van der Waals surface area contributed by atoms with E-state index in [1.54, 1.807) is 31.2 Å². The Morgan fingerprint density at radius 1 is 1.27 bits per heavy atom. The van der Waals surface area contributed by atoms with Gasteiger partial charge in [0.25, 0.3) is 11.5 Å². The zero-order valence-electron chi connectivity index (χ0n) is 16.9. The van der Waals surface area contributed by atoms with Gasteiger partial charge in [-0.1, -0.05) is 17.3 Å². The van der Waals surface area contributed by atoms with Crippen molar-refractivity contribution in [3.8, 4) is 0 Å². The number of aryl methyl sites for hydroxylation is 2. The molecule has 1 aromatic carbocycles. The molecule has 0 saturated carbocycles. The molecule has 2 heterocycles. The third-order valence-electron chi connectivity index (χ3n) is 4.44. The predicted molar refractivity (Wildman–Crippen MR) is 109 cm³/mol. The molecule has 3 rings (SSSR count). The fourth-order valence-corrected chi connectivity index (χ4v) is 4.52. The molecule has 0 aliphatic heterocycles. The van der Waals surface area contributed by atoms with E-state index in [-0.39, 0.29) is 27.9 Å². The highest BCUT2D eigenvalue weighted by atomic mass is 32.2. The number of fused-ring (bicyclic) bond motifs is 1. The Morgan fingerprint density at radius 3 is 2.60 bits per heavy atom. The summed E-state index contributed by atoms with van der Waals surface area (Å²) in [4.78, 5) is 29.3. The van der Waals surface area contributed by atoms with Crippen molar-refractivity contribution in [2.75, 3.05) is 5.43 Å². The molecule has 3 aromatic rings. The van der Waals surface area contributed by atoms with Gasteiger partial charge in [-0.2, -0.15) is 4.72 Å². The number of amides is 1. The number of hydrazine groups is 1. The summed E-state index contributed by atoms with van der Waals surface area (Å²) in [7, 11) is -4.02. The quantitative estimate of drug-likeness (QED) is 0.463. The van der Waals surface area contributed by atoms with E-state index >= 15 is 0 Å². The van der Waals surface area contributed by atoms with E-state index in [4.69, 9.17) is 4.52 Å². The number of carbonyl (C=O) groups is 1. The SMILES string of the molecule is CCn1c(NNC(=O)[C@H](C)NS(=O)(=O)c2c(C)noc2C)nc2ccccc2c1=O. The number of nitrogens with zero attached hydrogens (tertiary/aromatic N) is 3. The monoisotopic (exact) mass is 434 g/mol. The minimum atomic E-state index is -4.02. The second kappa shape index (κ2) is 8.24. The number of carbonyl (C=O) groups excluding carboxylic acids is 1. The van der Waals surface area contributed by atoms with Crippen molar-refractivity contribution in [3.63, 3.8) is 0 Å². The third kappa shape index (κ3) is 4.04.